The van der Waals surface area contributed by atoms with E-state index in [1.165, 1.54) is 0 Å². The van der Waals surface area contributed by atoms with Crippen LogP contribution in [0.1, 0.15) is 5.56 Å². The summed E-state index contributed by atoms with van der Waals surface area (Å²) in [5.41, 5.74) is 2.30. The smallest absolute Gasteiger partial charge is 0.238 e. The van der Waals surface area contributed by atoms with Gasteiger partial charge >= 0.3 is 0 Å². The molecule has 3 aromatic carbocycles. The van der Waals surface area contributed by atoms with Gasteiger partial charge in [0, 0.05) is 28.0 Å². The van der Waals surface area contributed by atoms with Crippen LogP contribution >= 0.6 is 23.2 Å². The topological polar surface area (TPSA) is 79.9 Å². The van der Waals surface area contributed by atoms with Gasteiger partial charge in [0.15, 0.2) is 11.5 Å². The molecule has 0 aromatic heterocycles. The Labute approximate surface area is 213 Å². The van der Waals surface area contributed by atoms with Gasteiger partial charge in [-0.3, -0.25) is 14.5 Å². The highest BCUT2D eigenvalue weighted by molar-refractivity contribution is 6.31. The van der Waals surface area contributed by atoms with E-state index >= 15 is 0 Å². The second-order valence-corrected chi connectivity index (χ2v) is 8.92. The van der Waals surface area contributed by atoms with Gasteiger partial charge in [0.05, 0.1) is 13.1 Å². The van der Waals surface area contributed by atoms with Crippen molar-refractivity contribution >= 4 is 46.4 Å². The average molecular weight is 514 g/mol. The Morgan fingerprint density at radius 1 is 0.743 bits per heavy atom. The minimum absolute atomic E-state index is 0.0429. The normalized spacial score (nSPS) is 12.3. The van der Waals surface area contributed by atoms with Crippen molar-refractivity contribution in [2.75, 3.05) is 43.5 Å². The van der Waals surface area contributed by atoms with E-state index in [4.69, 9.17) is 32.7 Å². The first-order chi connectivity index (χ1) is 16.9. The van der Waals surface area contributed by atoms with E-state index in [1.807, 2.05) is 18.2 Å². The summed E-state index contributed by atoms with van der Waals surface area (Å²) in [6, 6.07) is 19.5. The minimum atomic E-state index is -0.228. The number of ether oxygens (including phenoxy) is 2. The molecule has 1 heterocycles. The maximum Gasteiger partial charge on any atom is 0.238 e. The molecule has 1 aliphatic heterocycles. The van der Waals surface area contributed by atoms with E-state index in [2.05, 4.69) is 10.6 Å². The van der Waals surface area contributed by atoms with Gasteiger partial charge in [-0.15, -0.1) is 0 Å². The van der Waals surface area contributed by atoms with Crippen LogP contribution in [0.3, 0.4) is 0 Å². The first kappa shape index (κ1) is 24.9. The number of hydrogen-bond donors (Lipinski definition) is 2. The molecule has 7 nitrogen and oxygen atoms in total. The summed E-state index contributed by atoms with van der Waals surface area (Å²) in [5, 5.41) is 6.86. The highest BCUT2D eigenvalue weighted by atomic mass is 35.5. The molecule has 0 saturated heterocycles. The lowest BCUT2D eigenvalue weighted by Gasteiger charge is -2.22. The van der Waals surface area contributed by atoms with Crippen molar-refractivity contribution in [1.82, 2.24) is 4.90 Å². The average Bonchev–Trinajstić information content (AvgIpc) is 2.85. The third-order valence-electron chi connectivity index (χ3n) is 5.31. The van der Waals surface area contributed by atoms with Crippen molar-refractivity contribution in [1.29, 1.82) is 0 Å². The number of carbonyl (C=O) groups excluding carboxylic acids is 2. The Morgan fingerprint density at radius 3 is 1.80 bits per heavy atom. The number of rotatable bonds is 9. The molecule has 0 spiro atoms. The summed E-state index contributed by atoms with van der Waals surface area (Å²) in [6.45, 7) is 1.62. The predicted molar refractivity (Wildman–Crippen MR) is 138 cm³/mol. The zero-order valence-electron chi connectivity index (χ0n) is 18.9. The molecule has 0 atom stereocenters. The summed E-state index contributed by atoms with van der Waals surface area (Å²) in [7, 11) is 0. The summed E-state index contributed by atoms with van der Waals surface area (Å²) >= 11 is 11.8. The van der Waals surface area contributed by atoms with Crippen molar-refractivity contribution in [2.24, 2.45) is 0 Å². The van der Waals surface area contributed by atoms with E-state index in [0.29, 0.717) is 53.3 Å². The van der Waals surface area contributed by atoms with E-state index in [1.54, 1.807) is 53.4 Å². The summed E-state index contributed by atoms with van der Waals surface area (Å²) in [6.07, 6.45) is 0.624. The zero-order chi connectivity index (χ0) is 24.6. The van der Waals surface area contributed by atoms with Crippen LogP contribution < -0.4 is 20.1 Å². The van der Waals surface area contributed by atoms with Gasteiger partial charge in [-0.05, 0) is 72.6 Å². The van der Waals surface area contributed by atoms with Crippen LogP contribution in [0.4, 0.5) is 11.4 Å². The number of amides is 2. The molecular formula is C26H25Cl2N3O4. The molecule has 0 radical (unpaired) electrons. The first-order valence-corrected chi connectivity index (χ1v) is 11.9. The molecule has 35 heavy (non-hydrogen) atoms. The first-order valence-electron chi connectivity index (χ1n) is 11.2. The Balaban J connectivity index is 1.40. The fraction of sp³-hybridized carbons (Fsp3) is 0.231. The van der Waals surface area contributed by atoms with Crippen LogP contribution in [-0.4, -0.2) is 49.6 Å². The Kier molecular flexibility index (Phi) is 8.47. The number of fused-ring (bicyclic) bond motifs is 1. The lowest BCUT2D eigenvalue weighted by Crippen LogP contribution is -2.40. The Hall–Kier alpha value is -3.26. The Morgan fingerprint density at radius 2 is 1.26 bits per heavy atom. The van der Waals surface area contributed by atoms with Crippen molar-refractivity contribution in [2.45, 2.75) is 6.42 Å². The SMILES string of the molecule is O=C(CN(CCc1ccc2c(c1)OCCO2)CC(=O)Nc1ccc(Cl)cc1)Nc1ccc(Cl)cc1. The molecule has 182 valence electrons. The van der Waals surface area contributed by atoms with Crippen LogP contribution in [0.2, 0.25) is 10.0 Å². The fourth-order valence-corrected chi connectivity index (χ4v) is 3.87. The third-order valence-corrected chi connectivity index (χ3v) is 5.82. The number of hydrogen-bond acceptors (Lipinski definition) is 5. The molecule has 2 amide bonds. The lowest BCUT2D eigenvalue weighted by atomic mass is 10.1. The molecule has 2 N–H and O–H groups in total. The zero-order valence-corrected chi connectivity index (χ0v) is 20.4. The summed E-state index contributed by atoms with van der Waals surface area (Å²) in [5.74, 6) is 0.977. The molecule has 0 saturated carbocycles. The fourth-order valence-electron chi connectivity index (χ4n) is 3.62. The maximum atomic E-state index is 12.7. The van der Waals surface area contributed by atoms with Gasteiger partial charge in [0.2, 0.25) is 11.8 Å². The van der Waals surface area contributed by atoms with Crippen LogP contribution in [-0.2, 0) is 16.0 Å². The predicted octanol–water partition coefficient (Wildman–Crippen LogP) is 4.89. The molecule has 3 aromatic rings. The number of anilines is 2. The summed E-state index contributed by atoms with van der Waals surface area (Å²) < 4.78 is 11.2. The molecule has 1 aliphatic rings. The van der Waals surface area contributed by atoms with Crippen LogP contribution in [0.5, 0.6) is 11.5 Å². The molecule has 4 rings (SSSR count). The highest BCUT2D eigenvalue weighted by Crippen LogP contribution is 2.30. The van der Waals surface area contributed by atoms with E-state index in [0.717, 1.165) is 11.3 Å². The van der Waals surface area contributed by atoms with E-state index in [-0.39, 0.29) is 24.9 Å². The van der Waals surface area contributed by atoms with Crippen molar-refractivity contribution in [3.63, 3.8) is 0 Å². The molecular weight excluding hydrogens is 489 g/mol. The number of carbonyl (C=O) groups is 2. The third kappa shape index (κ3) is 7.62. The van der Waals surface area contributed by atoms with Crippen molar-refractivity contribution < 1.29 is 19.1 Å². The molecule has 9 heteroatoms. The quantitative estimate of drug-likeness (QED) is 0.425. The van der Waals surface area contributed by atoms with Gasteiger partial charge in [-0.2, -0.15) is 0 Å². The number of nitrogens with zero attached hydrogens (tertiary/aromatic N) is 1. The highest BCUT2D eigenvalue weighted by Gasteiger charge is 2.17. The van der Waals surface area contributed by atoms with Crippen LogP contribution in [0.15, 0.2) is 66.7 Å². The summed E-state index contributed by atoms with van der Waals surface area (Å²) in [4.78, 5) is 27.2. The monoisotopic (exact) mass is 513 g/mol. The van der Waals surface area contributed by atoms with Gasteiger partial charge < -0.3 is 20.1 Å². The molecule has 0 bridgehead atoms. The number of halogens is 2. The van der Waals surface area contributed by atoms with Crippen LogP contribution in [0.25, 0.3) is 0 Å². The largest absolute Gasteiger partial charge is 0.486 e. The van der Waals surface area contributed by atoms with Crippen molar-refractivity contribution in [3.8, 4) is 11.5 Å². The molecule has 0 aliphatic carbocycles. The number of benzene rings is 3. The maximum absolute atomic E-state index is 12.7. The van der Waals surface area contributed by atoms with Crippen LogP contribution in [0, 0.1) is 0 Å². The second-order valence-electron chi connectivity index (χ2n) is 8.05. The minimum Gasteiger partial charge on any atom is -0.486 e. The van der Waals surface area contributed by atoms with Gasteiger partial charge in [-0.1, -0.05) is 29.3 Å². The van der Waals surface area contributed by atoms with Crippen molar-refractivity contribution in [3.05, 3.63) is 82.3 Å². The second kappa shape index (κ2) is 11.9. The molecule has 0 fully saturated rings. The molecule has 0 unspecified atom stereocenters. The van der Waals surface area contributed by atoms with E-state index in [9.17, 15) is 9.59 Å². The standard InChI is InChI=1S/C26H25Cl2N3O4/c27-19-2-6-21(7-3-19)29-25(32)16-31(17-26(33)30-22-8-4-20(28)5-9-22)12-11-18-1-10-23-24(15-18)35-14-13-34-23/h1-10,15H,11-14,16-17H2,(H,29,32)(H,30,33). The van der Waals surface area contributed by atoms with Gasteiger partial charge in [-0.25, -0.2) is 0 Å². The van der Waals surface area contributed by atoms with Gasteiger partial charge in [0.1, 0.15) is 13.2 Å². The van der Waals surface area contributed by atoms with Gasteiger partial charge in [0.25, 0.3) is 0 Å². The number of nitrogens with one attached hydrogen (secondary N) is 2. The van der Waals surface area contributed by atoms with E-state index < -0.39 is 0 Å². The Bertz CT molecular complexity index is 1110. The lowest BCUT2D eigenvalue weighted by molar-refractivity contribution is -0.120.